The number of nitrogens with two attached hydrogens (primary N) is 2. The van der Waals surface area contributed by atoms with Crippen molar-refractivity contribution in [2.24, 2.45) is 11.7 Å². The lowest BCUT2D eigenvalue weighted by molar-refractivity contribution is 0.0939. The molecule has 0 aliphatic carbocycles. The number of nitriles is 1. The number of hydrogen-bond donors (Lipinski definition) is 5. The average molecular weight is 583 g/mol. The third-order valence-electron chi connectivity index (χ3n) is 8.18. The van der Waals surface area contributed by atoms with E-state index in [1.807, 2.05) is 6.07 Å². The third-order valence-corrected chi connectivity index (χ3v) is 8.18. The van der Waals surface area contributed by atoms with Crippen LogP contribution in [0.2, 0.25) is 0 Å². The first-order chi connectivity index (χ1) is 20.8. The third kappa shape index (κ3) is 7.50. The monoisotopic (exact) mass is 582 g/mol. The van der Waals surface area contributed by atoms with E-state index in [2.05, 4.69) is 48.8 Å². The molecule has 43 heavy (non-hydrogen) atoms. The molecule has 2 saturated heterocycles. The molecular formula is C31H38N10O2. The van der Waals surface area contributed by atoms with Crippen LogP contribution in [0.5, 0.6) is 0 Å². The van der Waals surface area contributed by atoms with Crippen molar-refractivity contribution >= 4 is 40.5 Å². The minimum atomic E-state index is -0.569. The van der Waals surface area contributed by atoms with E-state index in [9.17, 15) is 9.59 Å². The summed E-state index contributed by atoms with van der Waals surface area (Å²) >= 11 is 0. The SMILES string of the molecule is CN1CCC(CNC(=O)c2ccc(Nc3cc(NC4CCN(c5ccc(C#N)cn5)CC4)c(C(N)=O)cn3)cc2N)CC1. The summed E-state index contributed by atoms with van der Waals surface area (Å²) in [7, 11) is 2.12. The predicted octanol–water partition coefficient (Wildman–Crippen LogP) is 2.93. The lowest BCUT2D eigenvalue weighted by Gasteiger charge is -2.34. The summed E-state index contributed by atoms with van der Waals surface area (Å²) in [5.41, 5.74) is 14.8. The molecule has 0 atom stereocenters. The number of rotatable bonds is 9. The van der Waals surface area contributed by atoms with E-state index < -0.39 is 5.91 Å². The van der Waals surface area contributed by atoms with Gasteiger partial charge in [-0.25, -0.2) is 9.97 Å². The van der Waals surface area contributed by atoms with Crippen molar-refractivity contribution in [3.05, 3.63) is 65.5 Å². The molecule has 5 rings (SSSR count). The molecule has 1 aromatic carbocycles. The summed E-state index contributed by atoms with van der Waals surface area (Å²) in [5, 5.41) is 18.7. The Bertz CT molecular complexity index is 1490. The van der Waals surface area contributed by atoms with Crippen LogP contribution >= 0.6 is 0 Å². The quantitative estimate of drug-likeness (QED) is 0.236. The van der Waals surface area contributed by atoms with Crippen LogP contribution < -0.4 is 32.3 Å². The van der Waals surface area contributed by atoms with Crippen molar-refractivity contribution in [2.45, 2.75) is 31.7 Å². The fourth-order valence-corrected chi connectivity index (χ4v) is 5.55. The van der Waals surface area contributed by atoms with Gasteiger partial charge in [-0.1, -0.05) is 0 Å². The van der Waals surface area contributed by atoms with Gasteiger partial charge in [0.1, 0.15) is 17.7 Å². The number of nitrogens with zero attached hydrogens (tertiary/aromatic N) is 5. The van der Waals surface area contributed by atoms with Crippen molar-refractivity contribution in [1.29, 1.82) is 5.26 Å². The fourth-order valence-electron chi connectivity index (χ4n) is 5.55. The maximum Gasteiger partial charge on any atom is 0.253 e. The maximum atomic E-state index is 12.8. The molecule has 7 N–H and O–H groups in total. The Morgan fingerprint density at radius 3 is 2.42 bits per heavy atom. The molecular weight excluding hydrogens is 544 g/mol. The second-order valence-corrected chi connectivity index (χ2v) is 11.3. The van der Waals surface area contributed by atoms with Gasteiger partial charge in [-0.05, 0) is 82.1 Å². The number of nitrogen functional groups attached to an aromatic ring is 1. The lowest BCUT2D eigenvalue weighted by atomic mass is 9.97. The van der Waals surface area contributed by atoms with E-state index in [1.165, 1.54) is 6.20 Å². The number of carbonyl (C=O) groups is 2. The van der Waals surface area contributed by atoms with Crippen LogP contribution in [-0.4, -0.2) is 72.5 Å². The van der Waals surface area contributed by atoms with E-state index in [0.29, 0.717) is 52.0 Å². The highest BCUT2D eigenvalue weighted by Crippen LogP contribution is 2.27. The summed E-state index contributed by atoms with van der Waals surface area (Å²) in [6.45, 7) is 4.28. The van der Waals surface area contributed by atoms with Crippen molar-refractivity contribution in [2.75, 3.05) is 61.0 Å². The molecule has 12 heteroatoms. The van der Waals surface area contributed by atoms with E-state index in [1.54, 1.807) is 36.5 Å². The number of aromatic nitrogens is 2. The van der Waals surface area contributed by atoms with Crippen LogP contribution in [0.3, 0.4) is 0 Å². The first-order valence-electron chi connectivity index (χ1n) is 14.6. The van der Waals surface area contributed by atoms with Crippen molar-refractivity contribution in [3.8, 4) is 6.07 Å². The summed E-state index contributed by atoms with van der Waals surface area (Å²) < 4.78 is 0. The van der Waals surface area contributed by atoms with E-state index in [-0.39, 0.29) is 11.9 Å². The van der Waals surface area contributed by atoms with Crippen molar-refractivity contribution in [1.82, 2.24) is 20.2 Å². The smallest absolute Gasteiger partial charge is 0.253 e. The summed E-state index contributed by atoms with van der Waals surface area (Å²) in [4.78, 5) is 38.2. The van der Waals surface area contributed by atoms with Crippen molar-refractivity contribution < 1.29 is 9.59 Å². The number of hydrogen-bond acceptors (Lipinski definition) is 10. The van der Waals surface area contributed by atoms with Gasteiger partial charge >= 0.3 is 0 Å². The van der Waals surface area contributed by atoms with Crippen LogP contribution in [-0.2, 0) is 0 Å². The van der Waals surface area contributed by atoms with Gasteiger partial charge in [0.15, 0.2) is 0 Å². The highest BCUT2D eigenvalue weighted by Gasteiger charge is 2.22. The standard InChI is InChI=1S/C31H38N10O2/c1-40-10-6-20(7-11-40)17-37-31(43)24-4-3-23(14-26(24)33)39-28-15-27(25(19-35-28)30(34)42)38-22-8-12-41(13-9-22)29-5-2-21(16-32)18-36-29/h2-5,14-15,18-20,22H,6-13,17,33H2,1H3,(H2,34,42)(H,37,43)(H2,35,38,39). The van der Waals surface area contributed by atoms with E-state index in [4.69, 9.17) is 16.7 Å². The van der Waals surface area contributed by atoms with Crippen molar-refractivity contribution in [3.63, 3.8) is 0 Å². The van der Waals surface area contributed by atoms with Gasteiger partial charge in [0.2, 0.25) is 0 Å². The molecule has 4 heterocycles. The Hall–Kier alpha value is -4.89. The first kappa shape index (κ1) is 29.6. The Kier molecular flexibility index (Phi) is 9.22. The van der Waals surface area contributed by atoms with Gasteiger partial charge < -0.3 is 37.2 Å². The molecule has 0 spiro atoms. The van der Waals surface area contributed by atoms with Crippen LogP contribution in [0.25, 0.3) is 0 Å². The molecule has 2 aromatic heterocycles. The number of piperidine rings is 2. The molecule has 2 aliphatic heterocycles. The van der Waals surface area contributed by atoms with Crippen LogP contribution in [0.4, 0.5) is 28.7 Å². The second-order valence-electron chi connectivity index (χ2n) is 11.3. The summed E-state index contributed by atoms with van der Waals surface area (Å²) in [6, 6.07) is 12.8. The number of likely N-dealkylation sites (tertiary alicyclic amines) is 1. The van der Waals surface area contributed by atoms with Gasteiger partial charge in [-0.3, -0.25) is 9.59 Å². The number of nitrogens with one attached hydrogen (secondary N) is 3. The van der Waals surface area contributed by atoms with Gasteiger partial charge in [0, 0.05) is 55.5 Å². The molecule has 2 aliphatic rings. The summed E-state index contributed by atoms with van der Waals surface area (Å²) in [6.07, 6.45) is 6.83. The zero-order valence-electron chi connectivity index (χ0n) is 24.3. The predicted molar refractivity (Wildman–Crippen MR) is 167 cm³/mol. The van der Waals surface area contributed by atoms with Crippen LogP contribution in [0, 0.1) is 17.2 Å². The van der Waals surface area contributed by atoms with E-state index in [0.717, 1.165) is 57.7 Å². The van der Waals surface area contributed by atoms with Crippen LogP contribution in [0.1, 0.15) is 52.0 Å². The Morgan fingerprint density at radius 2 is 1.77 bits per heavy atom. The van der Waals surface area contributed by atoms with Gasteiger partial charge in [0.25, 0.3) is 11.8 Å². The van der Waals surface area contributed by atoms with E-state index >= 15 is 0 Å². The molecule has 0 saturated carbocycles. The minimum Gasteiger partial charge on any atom is -0.398 e. The van der Waals surface area contributed by atoms with Crippen LogP contribution in [0.15, 0.2) is 48.8 Å². The Balaban J connectivity index is 1.20. The normalized spacial score (nSPS) is 16.3. The number of amides is 2. The molecule has 3 aromatic rings. The Labute approximate surface area is 251 Å². The lowest BCUT2D eigenvalue weighted by Crippen LogP contribution is -2.39. The zero-order valence-corrected chi connectivity index (χ0v) is 24.3. The largest absolute Gasteiger partial charge is 0.398 e. The number of benzene rings is 1. The fraction of sp³-hybridized carbons (Fsp3) is 0.387. The number of pyridine rings is 2. The van der Waals surface area contributed by atoms with Gasteiger partial charge in [-0.2, -0.15) is 5.26 Å². The highest BCUT2D eigenvalue weighted by atomic mass is 16.2. The molecule has 12 nitrogen and oxygen atoms in total. The minimum absolute atomic E-state index is 0.117. The van der Waals surface area contributed by atoms with Gasteiger partial charge in [-0.15, -0.1) is 0 Å². The molecule has 2 fully saturated rings. The number of anilines is 5. The molecule has 0 radical (unpaired) electrons. The second kappa shape index (κ2) is 13.4. The first-order valence-corrected chi connectivity index (χ1v) is 14.6. The maximum absolute atomic E-state index is 12.8. The molecule has 0 bridgehead atoms. The zero-order chi connectivity index (χ0) is 30.3. The average Bonchev–Trinajstić information content (AvgIpc) is 3.01. The number of primary amides is 1. The molecule has 0 unspecified atom stereocenters. The van der Waals surface area contributed by atoms with Gasteiger partial charge in [0.05, 0.1) is 22.4 Å². The Morgan fingerprint density at radius 1 is 1.00 bits per heavy atom. The molecule has 224 valence electrons. The topological polar surface area (TPSA) is 178 Å². The highest BCUT2D eigenvalue weighted by molar-refractivity contribution is 6.00. The molecule has 2 amide bonds. The summed E-state index contributed by atoms with van der Waals surface area (Å²) in [5.74, 6) is 1.07. The number of carbonyl (C=O) groups excluding carboxylic acids is 2.